The molecule has 3 rings (SSSR count). The zero-order valence-electron chi connectivity index (χ0n) is 15.1. The Morgan fingerprint density at radius 1 is 0.682 bits per heavy atom. The van der Waals surface area contributed by atoms with Crippen LogP contribution in [0.5, 0.6) is 0 Å². The average molecular weight is 294 g/mol. The van der Waals surface area contributed by atoms with E-state index in [1.54, 1.807) is 33.7 Å². The third-order valence-corrected chi connectivity index (χ3v) is 5.80. The van der Waals surface area contributed by atoms with Gasteiger partial charge in [0.1, 0.15) is 12.8 Å². The summed E-state index contributed by atoms with van der Waals surface area (Å²) in [5.41, 5.74) is 9.65. The van der Waals surface area contributed by atoms with Crippen molar-refractivity contribution >= 4 is 26.9 Å². The van der Waals surface area contributed by atoms with Crippen molar-refractivity contribution in [2.45, 2.75) is 72.9 Å². The highest BCUT2D eigenvalue weighted by molar-refractivity contribution is 6.75. The molecule has 3 aliphatic rings. The second-order valence-corrected chi connectivity index (χ2v) is 7.28. The van der Waals surface area contributed by atoms with Gasteiger partial charge in [-0.15, -0.1) is 9.15 Å². The smallest absolute Gasteiger partial charge is 0.114 e. The monoisotopic (exact) mass is 294 g/mol. The topological polar surface area (TPSA) is 6.02 Å². The first-order valence-corrected chi connectivity index (χ1v) is 8.19. The zero-order chi connectivity index (χ0) is 16.7. The van der Waals surface area contributed by atoms with Crippen LogP contribution in [0.15, 0.2) is 22.3 Å². The Morgan fingerprint density at radius 2 is 1.05 bits per heavy atom. The third-order valence-electron chi connectivity index (χ3n) is 5.80. The van der Waals surface area contributed by atoms with Crippen molar-refractivity contribution in [1.29, 1.82) is 0 Å². The Bertz CT molecular complexity index is 567. The summed E-state index contributed by atoms with van der Waals surface area (Å²) in [7, 11) is 8.00. The molecule has 0 atom stereocenters. The van der Waals surface area contributed by atoms with Gasteiger partial charge in [-0.05, 0) is 27.7 Å². The second-order valence-electron chi connectivity index (χ2n) is 7.28. The molecule has 0 aliphatic carbocycles. The van der Waals surface area contributed by atoms with Crippen molar-refractivity contribution in [3.05, 3.63) is 22.3 Å². The van der Waals surface area contributed by atoms with Gasteiger partial charge in [0.25, 0.3) is 0 Å². The summed E-state index contributed by atoms with van der Waals surface area (Å²) in [5.74, 6) is 0. The number of nitrogens with zero attached hydrogens (tertiary/aromatic N) is 2. The summed E-state index contributed by atoms with van der Waals surface area (Å²) in [6, 6.07) is 0. The van der Waals surface area contributed by atoms with Crippen molar-refractivity contribution < 1.29 is 9.15 Å². The molecule has 0 N–H and O–H groups in total. The molecule has 0 aromatic rings. The first kappa shape index (κ1) is 17.3. The Morgan fingerprint density at radius 3 is 1.41 bits per heavy atom. The Balaban J connectivity index is 0.000000847. The van der Waals surface area contributed by atoms with Crippen LogP contribution in [0.25, 0.3) is 0 Å². The summed E-state index contributed by atoms with van der Waals surface area (Å²) < 4.78 is 5.36. The van der Waals surface area contributed by atoms with Crippen LogP contribution in [0.1, 0.15) is 67.2 Å². The molecule has 4 heteroatoms. The van der Waals surface area contributed by atoms with E-state index in [2.05, 4.69) is 66.2 Å². The summed E-state index contributed by atoms with van der Waals surface area (Å²) in [6.07, 6.45) is 4.70. The molecule has 1 spiro atoms. The molecular formula is C18H28B2N2+2. The zero-order valence-corrected chi connectivity index (χ0v) is 15.1. The molecule has 114 valence electrons. The standard InChI is InChI=1S/C18H28N2.B2/c1-12-7-16(5)19-11-20-17(6)8-13(2)15(4)10-18(19,20)9-14(12)3;1-2/h7-11H2,1-6H3;/q+2;. The van der Waals surface area contributed by atoms with Crippen molar-refractivity contribution in [2.75, 3.05) is 6.67 Å². The van der Waals surface area contributed by atoms with Gasteiger partial charge in [0.15, 0.2) is 11.4 Å². The highest BCUT2D eigenvalue weighted by atomic mass is 15.5. The van der Waals surface area contributed by atoms with Gasteiger partial charge >= 0.3 is 12.3 Å². The number of rotatable bonds is 0. The van der Waals surface area contributed by atoms with Gasteiger partial charge in [-0.2, -0.15) is 0 Å². The number of hydrogen-bond donors (Lipinski definition) is 0. The minimum Gasteiger partial charge on any atom is -0.114 e. The van der Waals surface area contributed by atoms with E-state index in [0.29, 0.717) is 0 Å². The molecule has 0 unspecified atom stereocenters. The van der Waals surface area contributed by atoms with Crippen LogP contribution in [0.3, 0.4) is 0 Å². The molecule has 4 radical (unpaired) electrons. The van der Waals surface area contributed by atoms with E-state index in [0.717, 1.165) is 19.5 Å². The molecule has 0 aromatic heterocycles. The summed E-state index contributed by atoms with van der Waals surface area (Å²) in [5, 5.41) is 0. The predicted molar refractivity (Wildman–Crippen MR) is 96.2 cm³/mol. The van der Waals surface area contributed by atoms with Crippen molar-refractivity contribution in [3.63, 3.8) is 0 Å². The molecule has 0 bridgehead atoms. The SMILES string of the molecule is CC1=C(C)CC23CC(C)=C(C)CC(C)=[N+]2C[N+]3=C(C)C1.[B][B]. The fraction of sp³-hybridized carbons (Fsp3) is 0.667. The van der Waals surface area contributed by atoms with Crippen molar-refractivity contribution in [1.82, 2.24) is 0 Å². The largest absolute Gasteiger partial charge is 0.368 e. The normalized spacial score (nSPS) is 23.9. The average Bonchev–Trinajstić information content (AvgIpc) is 2.55. The lowest BCUT2D eigenvalue weighted by Gasteiger charge is -2.35. The Labute approximate surface area is 138 Å². The highest BCUT2D eigenvalue weighted by Gasteiger charge is 2.65. The lowest BCUT2D eigenvalue weighted by Crippen LogP contribution is -2.67. The van der Waals surface area contributed by atoms with E-state index in [1.165, 1.54) is 12.8 Å². The molecule has 22 heavy (non-hydrogen) atoms. The summed E-state index contributed by atoms with van der Waals surface area (Å²) >= 11 is 0. The summed E-state index contributed by atoms with van der Waals surface area (Å²) in [6.45, 7) is 15.0. The van der Waals surface area contributed by atoms with Gasteiger partial charge in [-0.25, -0.2) is 0 Å². The van der Waals surface area contributed by atoms with Crippen LogP contribution in [-0.4, -0.2) is 48.4 Å². The predicted octanol–water partition coefficient (Wildman–Crippen LogP) is 3.10. The quantitative estimate of drug-likeness (QED) is 0.368. The maximum Gasteiger partial charge on any atom is 0.368 e. The van der Waals surface area contributed by atoms with Crippen molar-refractivity contribution in [2.24, 2.45) is 0 Å². The minimum absolute atomic E-state index is 0.206. The molecule has 3 heterocycles. The molecule has 0 amide bonds. The van der Waals surface area contributed by atoms with Crippen molar-refractivity contribution in [3.8, 4) is 0 Å². The van der Waals surface area contributed by atoms with Crippen LogP contribution < -0.4 is 0 Å². The highest BCUT2D eigenvalue weighted by Crippen LogP contribution is 2.41. The minimum atomic E-state index is 0.206. The molecular weight excluding hydrogens is 266 g/mol. The van der Waals surface area contributed by atoms with E-state index in [9.17, 15) is 0 Å². The Kier molecular flexibility index (Phi) is 4.89. The summed E-state index contributed by atoms with van der Waals surface area (Å²) in [4.78, 5) is 0. The van der Waals surface area contributed by atoms with Gasteiger partial charge in [0.2, 0.25) is 0 Å². The van der Waals surface area contributed by atoms with E-state index in [4.69, 9.17) is 0 Å². The molecule has 0 saturated carbocycles. The molecule has 3 aliphatic heterocycles. The maximum absolute atomic E-state index is 4.00. The second kappa shape index (κ2) is 6.22. The van der Waals surface area contributed by atoms with Gasteiger partial charge in [0, 0.05) is 42.2 Å². The van der Waals surface area contributed by atoms with E-state index in [-0.39, 0.29) is 5.66 Å². The van der Waals surface area contributed by atoms with Crippen LogP contribution >= 0.6 is 0 Å². The van der Waals surface area contributed by atoms with Crippen LogP contribution in [0.2, 0.25) is 0 Å². The lowest BCUT2D eigenvalue weighted by atomic mass is 9.81. The van der Waals surface area contributed by atoms with Gasteiger partial charge in [-0.3, -0.25) is 0 Å². The van der Waals surface area contributed by atoms with Gasteiger partial charge in [0.05, 0.1) is 0 Å². The number of allylic oxidation sites excluding steroid dienone is 2. The van der Waals surface area contributed by atoms with Crippen LogP contribution in [0.4, 0.5) is 0 Å². The van der Waals surface area contributed by atoms with E-state index in [1.807, 2.05) is 0 Å². The molecule has 0 aromatic carbocycles. The van der Waals surface area contributed by atoms with Crippen LogP contribution in [0, 0.1) is 0 Å². The maximum atomic E-state index is 4.00. The molecule has 2 nitrogen and oxygen atoms in total. The van der Waals surface area contributed by atoms with Gasteiger partial charge in [-0.1, -0.05) is 22.3 Å². The fourth-order valence-electron chi connectivity index (χ4n) is 4.28. The fourth-order valence-corrected chi connectivity index (χ4v) is 4.28. The third kappa shape index (κ3) is 2.55. The Hall–Kier alpha value is -1.05. The number of hydrogen-bond acceptors (Lipinski definition) is 0. The van der Waals surface area contributed by atoms with E-state index >= 15 is 0 Å². The lowest BCUT2D eigenvalue weighted by molar-refractivity contribution is -1.00. The van der Waals surface area contributed by atoms with Gasteiger partial charge < -0.3 is 0 Å². The van der Waals surface area contributed by atoms with E-state index < -0.39 is 0 Å². The molecule has 1 fully saturated rings. The first-order chi connectivity index (χ1) is 10.3. The molecule has 1 saturated heterocycles. The van der Waals surface area contributed by atoms with Crippen LogP contribution in [-0.2, 0) is 0 Å². The first-order valence-electron chi connectivity index (χ1n) is 8.19.